The molecular formula is C29H29Cl2FN4O5S. The van der Waals surface area contributed by atoms with Gasteiger partial charge in [0.25, 0.3) is 0 Å². The number of rotatable bonds is 15. The van der Waals surface area contributed by atoms with E-state index in [2.05, 4.69) is 14.9 Å². The summed E-state index contributed by atoms with van der Waals surface area (Å²) in [6.45, 7) is 0.836. The topological polar surface area (TPSA) is 137 Å². The molecule has 0 bridgehead atoms. The van der Waals surface area contributed by atoms with E-state index in [4.69, 9.17) is 38.2 Å². The van der Waals surface area contributed by atoms with E-state index in [-0.39, 0.29) is 29.5 Å². The first-order chi connectivity index (χ1) is 20.1. The van der Waals surface area contributed by atoms with E-state index in [1.165, 1.54) is 0 Å². The van der Waals surface area contributed by atoms with Gasteiger partial charge in [-0.3, -0.25) is 4.79 Å². The van der Waals surface area contributed by atoms with Crippen LogP contribution in [0.3, 0.4) is 0 Å². The number of ether oxygens (including phenoxy) is 1. The number of carbonyl (C=O) groups excluding carboxylic acids is 1. The van der Waals surface area contributed by atoms with Crippen LogP contribution in [-0.2, 0) is 22.9 Å². The molecule has 42 heavy (non-hydrogen) atoms. The van der Waals surface area contributed by atoms with Crippen molar-refractivity contribution in [3.05, 3.63) is 105 Å². The Bertz CT molecular complexity index is 1600. The van der Waals surface area contributed by atoms with Crippen LogP contribution in [0.25, 0.3) is 0 Å². The monoisotopic (exact) mass is 634 g/mol. The van der Waals surface area contributed by atoms with Gasteiger partial charge in [0, 0.05) is 6.42 Å². The van der Waals surface area contributed by atoms with Crippen LogP contribution in [0, 0.1) is 5.82 Å². The maximum atomic E-state index is 13.3. The summed E-state index contributed by atoms with van der Waals surface area (Å²) in [5, 5.41) is 4.79. The molecule has 0 spiro atoms. The van der Waals surface area contributed by atoms with Crippen LogP contribution in [-0.4, -0.2) is 43.5 Å². The number of hydrogen-bond acceptors (Lipinski definition) is 8. The van der Waals surface area contributed by atoms with Gasteiger partial charge >= 0.3 is 0 Å². The van der Waals surface area contributed by atoms with Crippen LogP contribution >= 0.6 is 23.2 Å². The van der Waals surface area contributed by atoms with Crippen molar-refractivity contribution in [2.24, 2.45) is 5.73 Å². The highest BCUT2D eigenvalue weighted by atomic mass is 35.5. The van der Waals surface area contributed by atoms with Gasteiger partial charge in [0.2, 0.25) is 27.5 Å². The minimum Gasteiger partial charge on any atom is -0.493 e. The lowest BCUT2D eigenvalue weighted by Gasteiger charge is -2.16. The molecule has 0 amide bonds. The summed E-state index contributed by atoms with van der Waals surface area (Å²) >= 11 is 12.0. The van der Waals surface area contributed by atoms with Crippen LogP contribution in [0.15, 0.2) is 76.1 Å². The minimum absolute atomic E-state index is 0.170. The van der Waals surface area contributed by atoms with Crippen molar-refractivity contribution in [3.8, 4) is 5.75 Å². The molecule has 4 rings (SSSR count). The van der Waals surface area contributed by atoms with E-state index in [0.29, 0.717) is 48.2 Å². The number of nitrogens with zero attached hydrogens (tertiary/aromatic N) is 2. The third kappa shape index (κ3) is 8.83. The molecule has 4 aromatic rings. The summed E-state index contributed by atoms with van der Waals surface area (Å²) in [7, 11) is -4.12. The normalized spacial score (nSPS) is 12.3. The average Bonchev–Trinajstić information content (AvgIpc) is 3.43. The van der Waals surface area contributed by atoms with Crippen molar-refractivity contribution in [1.29, 1.82) is 0 Å². The smallest absolute Gasteiger partial charge is 0.241 e. The fourth-order valence-corrected chi connectivity index (χ4v) is 5.60. The fourth-order valence-electron chi connectivity index (χ4n) is 4.05. The highest BCUT2D eigenvalue weighted by Crippen LogP contribution is 2.23. The molecule has 0 saturated heterocycles. The second kappa shape index (κ2) is 14.7. The molecule has 1 unspecified atom stereocenters. The summed E-state index contributed by atoms with van der Waals surface area (Å²) in [5.41, 5.74) is 7.41. The third-order valence-corrected chi connectivity index (χ3v) is 8.52. The molecule has 1 atom stereocenters. The van der Waals surface area contributed by atoms with Crippen LogP contribution in [0.1, 0.15) is 46.9 Å². The Morgan fingerprint density at radius 3 is 2.40 bits per heavy atom. The second-order valence-corrected chi connectivity index (χ2v) is 12.0. The number of hydrogen-bond donors (Lipinski definition) is 2. The van der Waals surface area contributed by atoms with Gasteiger partial charge in [0.15, 0.2) is 0 Å². The number of ketones is 1. The van der Waals surface area contributed by atoms with Gasteiger partial charge in [-0.2, -0.15) is 4.98 Å². The fraction of sp³-hybridized carbons (Fsp3) is 0.276. The van der Waals surface area contributed by atoms with E-state index in [1.54, 1.807) is 6.07 Å². The van der Waals surface area contributed by atoms with Crippen LogP contribution in [0.2, 0.25) is 10.0 Å². The number of aromatic nitrogens is 2. The van der Waals surface area contributed by atoms with Crippen molar-refractivity contribution in [2.75, 3.05) is 13.2 Å². The number of sulfonamides is 1. The van der Waals surface area contributed by atoms with E-state index in [9.17, 15) is 17.6 Å². The molecular weight excluding hydrogens is 606 g/mol. The molecule has 0 radical (unpaired) electrons. The molecule has 0 aliphatic rings. The van der Waals surface area contributed by atoms with E-state index >= 15 is 0 Å². The van der Waals surface area contributed by atoms with Crippen molar-refractivity contribution >= 4 is 39.0 Å². The Balaban J connectivity index is 1.36. The molecule has 1 aromatic heterocycles. The second-order valence-electron chi connectivity index (χ2n) is 9.46. The molecule has 222 valence electrons. The first-order valence-electron chi connectivity index (χ1n) is 13.1. The van der Waals surface area contributed by atoms with Crippen LogP contribution in [0.4, 0.5) is 4.39 Å². The minimum atomic E-state index is -4.12. The summed E-state index contributed by atoms with van der Waals surface area (Å²) in [6.07, 6.45) is 2.17. The zero-order valence-corrected chi connectivity index (χ0v) is 24.8. The highest BCUT2D eigenvalue weighted by molar-refractivity contribution is 7.89. The molecule has 0 saturated carbocycles. The predicted molar refractivity (Wildman–Crippen MR) is 157 cm³/mol. The SMILES string of the molecule is NCCCCC(NS(=O)(=O)c1ccc(F)cc1)C(=O)c1noc(Cc2ccc(OCCc3ccc(Cl)c(Cl)c3)cc2)n1. The summed E-state index contributed by atoms with van der Waals surface area (Å²) < 4.78 is 52.5. The van der Waals surface area contributed by atoms with Gasteiger partial charge in [-0.25, -0.2) is 17.5 Å². The number of Topliss-reactive ketones (excluding diaryl/α,β-unsaturated/α-hetero) is 1. The Labute approximate surface area is 253 Å². The van der Waals surface area contributed by atoms with Crippen molar-refractivity contribution in [2.45, 2.75) is 43.0 Å². The lowest BCUT2D eigenvalue weighted by Crippen LogP contribution is -2.41. The Morgan fingerprint density at radius 1 is 1.00 bits per heavy atom. The quantitative estimate of drug-likeness (QED) is 0.131. The molecule has 13 heteroatoms. The van der Waals surface area contributed by atoms with Crippen molar-refractivity contribution in [3.63, 3.8) is 0 Å². The molecule has 3 N–H and O–H groups in total. The summed E-state index contributed by atoms with van der Waals surface area (Å²) in [6, 6.07) is 15.9. The number of unbranched alkanes of at least 4 members (excludes halogenated alkanes) is 1. The van der Waals surface area contributed by atoms with E-state index in [0.717, 1.165) is 35.4 Å². The van der Waals surface area contributed by atoms with E-state index < -0.39 is 27.7 Å². The van der Waals surface area contributed by atoms with Crippen LogP contribution in [0.5, 0.6) is 5.75 Å². The Kier molecular flexibility index (Phi) is 11.1. The lowest BCUT2D eigenvalue weighted by molar-refractivity contribution is 0.0934. The van der Waals surface area contributed by atoms with Crippen LogP contribution < -0.4 is 15.2 Å². The molecule has 0 aliphatic heterocycles. The van der Waals surface area contributed by atoms with Gasteiger partial charge in [-0.1, -0.05) is 53.0 Å². The number of nitrogens with two attached hydrogens (primary N) is 1. The van der Waals surface area contributed by atoms with Crippen molar-refractivity contribution < 1.29 is 26.9 Å². The molecule has 9 nitrogen and oxygen atoms in total. The van der Waals surface area contributed by atoms with Gasteiger partial charge < -0.3 is 15.0 Å². The predicted octanol–water partition coefficient (Wildman–Crippen LogP) is 5.39. The zero-order valence-electron chi connectivity index (χ0n) is 22.4. The Hall–Kier alpha value is -3.35. The highest BCUT2D eigenvalue weighted by Gasteiger charge is 2.29. The third-order valence-electron chi connectivity index (χ3n) is 6.30. The summed E-state index contributed by atoms with van der Waals surface area (Å²) in [4.78, 5) is 17.2. The van der Waals surface area contributed by atoms with Gasteiger partial charge in [0.05, 0.1) is 34.0 Å². The molecule has 3 aromatic carbocycles. The first-order valence-corrected chi connectivity index (χ1v) is 15.4. The molecule has 1 heterocycles. The number of benzene rings is 3. The number of carbonyl (C=O) groups is 1. The van der Waals surface area contributed by atoms with Crippen molar-refractivity contribution in [1.82, 2.24) is 14.9 Å². The standard InChI is InChI=1S/C29H29Cl2FN4O5S/c30-24-13-6-20(17-25(24)31)14-16-40-22-9-4-19(5-10-22)18-27-34-29(35-41-27)28(37)26(3-1-2-15-33)36-42(38,39)23-11-7-21(32)8-12-23/h4-13,17,26,36H,1-3,14-16,18,33H2. The van der Waals surface area contributed by atoms with Gasteiger partial charge in [-0.15, -0.1) is 0 Å². The largest absolute Gasteiger partial charge is 0.493 e. The van der Waals surface area contributed by atoms with E-state index in [1.807, 2.05) is 36.4 Å². The Morgan fingerprint density at radius 2 is 1.71 bits per heavy atom. The first kappa shape index (κ1) is 31.6. The molecule has 0 aliphatic carbocycles. The molecule has 0 fully saturated rings. The lowest BCUT2D eigenvalue weighted by atomic mass is 10.1. The van der Waals surface area contributed by atoms with Gasteiger partial charge in [0.1, 0.15) is 11.6 Å². The average molecular weight is 636 g/mol. The zero-order chi connectivity index (χ0) is 30.1. The maximum absolute atomic E-state index is 13.3. The number of halogens is 3. The maximum Gasteiger partial charge on any atom is 0.241 e. The number of nitrogens with one attached hydrogen (secondary N) is 1. The summed E-state index contributed by atoms with van der Waals surface area (Å²) in [5.74, 6) is -0.598. The van der Waals surface area contributed by atoms with Gasteiger partial charge in [-0.05, 0) is 79.0 Å².